The zero-order valence-corrected chi connectivity index (χ0v) is 18.9. The van der Waals surface area contributed by atoms with E-state index in [0.29, 0.717) is 24.2 Å². The molecule has 0 spiro atoms. The van der Waals surface area contributed by atoms with Crippen LogP contribution in [0.4, 0.5) is 0 Å². The maximum absolute atomic E-state index is 12.2. The van der Waals surface area contributed by atoms with E-state index in [-0.39, 0.29) is 11.5 Å². The number of carboxylic acid groups (broad SMARTS) is 1. The number of hydrogen-bond donors (Lipinski definition) is 1. The van der Waals surface area contributed by atoms with E-state index in [9.17, 15) is 14.7 Å². The van der Waals surface area contributed by atoms with Gasteiger partial charge in [0.1, 0.15) is 0 Å². The standard InChI is InChI=1S/C29H24N2O3/c1-2-27(32)30-16-14-21-12-10-20(18-24(21)19-30)11-13-23-7-5-8-25(29(33)34)28(23)31-17-15-22-6-3-4-9-26(22)31/h3-10,12,15,17-18H,2,14,16,19H2,1H3,(H,33,34). The minimum atomic E-state index is -0.995. The molecule has 0 bridgehead atoms. The van der Waals surface area contributed by atoms with E-state index < -0.39 is 5.97 Å². The molecule has 1 N–H and O–H groups in total. The molecular formula is C29H24N2O3. The number of para-hydroxylation sites is 2. The molecule has 5 rings (SSSR count). The molecule has 3 aromatic carbocycles. The Bertz CT molecular complexity index is 1490. The van der Waals surface area contributed by atoms with Crippen LogP contribution in [-0.4, -0.2) is 33.0 Å². The van der Waals surface area contributed by atoms with Gasteiger partial charge in [-0.2, -0.15) is 0 Å². The molecule has 1 aliphatic heterocycles. The summed E-state index contributed by atoms with van der Waals surface area (Å²) in [4.78, 5) is 26.1. The number of hydrogen-bond acceptors (Lipinski definition) is 2. The number of aromatic nitrogens is 1. The number of carboxylic acids is 1. The van der Waals surface area contributed by atoms with Crippen molar-refractivity contribution < 1.29 is 14.7 Å². The van der Waals surface area contributed by atoms with Gasteiger partial charge in [-0.15, -0.1) is 0 Å². The Morgan fingerprint density at radius 2 is 1.82 bits per heavy atom. The monoisotopic (exact) mass is 448 g/mol. The van der Waals surface area contributed by atoms with Crippen LogP contribution in [0.15, 0.2) is 72.9 Å². The molecule has 2 heterocycles. The second kappa shape index (κ2) is 8.92. The zero-order chi connectivity index (χ0) is 23.7. The number of benzene rings is 3. The molecule has 1 aromatic heterocycles. The van der Waals surface area contributed by atoms with Gasteiger partial charge in [-0.1, -0.05) is 49.1 Å². The molecule has 0 unspecified atom stereocenters. The Morgan fingerprint density at radius 3 is 2.65 bits per heavy atom. The molecule has 5 nitrogen and oxygen atoms in total. The lowest BCUT2D eigenvalue weighted by Gasteiger charge is -2.28. The highest BCUT2D eigenvalue weighted by molar-refractivity contribution is 5.95. The van der Waals surface area contributed by atoms with E-state index >= 15 is 0 Å². The highest BCUT2D eigenvalue weighted by atomic mass is 16.4. The molecule has 1 amide bonds. The third kappa shape index (κ3) is 3.95. The first kappa shape index (κ1) is 21.5. The Balaban J connectivity index is 1.57. The predicted molar refractivity (Wildman–Crippen MR) is 132 cm³/mol. The summed E-state index contributed by atoms with van der Waals surface area (Å²) in [5.74, 6) is 5.61. The van der Waals surface area contributed by atoms with Crippen LogP contribution in [0, 0.1) is 11.8 Å². The molecule has 4 aromatic rings. The van der Waals surface area contributed by atoms with Crippen LogP contribution >= 0.6 is 0 Å². The summed E-state index contributed by atoms with van der Waals surface area (Å²) in [6.07, 6.45) is 3.24. The van der Waals surface area contributed by atoms with Crippen LogP contribution in [0.3, 0.4) is 0 Å². The highest BCUT2D eigenvalue weighted by Gasteiger charge is 2.20. The van der Waals surface area contributed by atoms with Crippen LogP contribution in [0.1, 0.15) is 46.0 Å². The van der Waals surface area contributed by atoms with Crippen LogP contribution in [0.5, 0.6) is 0 Å². The lowest BCUT2D eigenvalue weighted by molar-refractivity contribution is -0.131. The number of aromatic carboxylic acids is 1. The van der Waals surface area contributed by atoms with Gasteiger partial charge in [0.05, 0.1) is 16.8 Å². The molecule has 0 aliphatic carbocycles. The Hall–Kier alpha value is -4.30. The van der Waals surface area contributed by atoms with Gasteiger partial charge in [0.2, 0.25) is 5.91 Å². The first-order chi connectivity index (χ1) is 16.5. The minimum absolute atomic E-state index is 0.163. The third-order valence-corrected chi connectivity index (χ3v) is 6.32. The van der Waals surface area contributed by atoms with Crippen molar-refractivity contribution in [1.82, 2.24) is 9.47 Å². The predicted octanol–water partition coefficient (Wildman–Crippen LogP) is 5.02. The molecule has 1 aliphatic rings. The van der Waals surface area contributed by atoms with Crippen molar-refractivity contribution in [3.05, 3.63) is 101 Å². The van der Waals surface area contributed by atoms with Gasteiger partial charge in [-0.25, -0.2) is 4.79 Å². The van der Waals surface area contributed by atoms with E-state index in [1.165, 1.54) is 5.56 Å². The SMILES string of the molecule is CCC(=O)N1CCc2ccc(C#Cc3cccc(C(=O)O)c3-n3ccc4ccccc43)cc2C1. The summed E-state index contributed by atoms with van der Waals surface area (Å²) in [7, 11) is 0. The first-order valence-electron chi connectivity index (χ1n) is 11.4. The smallest absolute Gasteiger partial charge is 0.337 e. The fourth-order valence-electron chi connectivity index (χ4n) is 4.57. The fraction of sp³-hybridized carbons (Fsp3) is 0.172. The first-order valence-corrected chi connectivity index (χ1v) is 11.4. The Morgan fingerprint density at radius 1 is 0.971 bits per heavy atom. The lowest BCUT2D eigenvalue weighted by Crippen LogP contribution is -2.35. The fourth-order valence-corrected chi connectivity index (χ4v) is 4.57. The van der Waals surface area contributed by atoms with Gasteiger partial charge >= 0.3 is 5.97 Å². The van der Waals surface area contributed by atoms with E-state index in [1.807, 2.05) is 71.1 Å². The van der Waals surface area contributed by atoms with Gasteiger partial charge in [0.25, 0.3) is 0 Å². The minimum Gasteiger partial charge on any atom is -0.478 e. The summed E-state index contributed by atoms with van der Waals surface area (Å²) in [6.45, 7) is 3.24. The number of nitrogens with zero attached hydrogens (tertiary/aromatic N) is 2. The van der Waals surface area contributed by atoms with Crippen LogP contribution in [0.2, 0.25) is 0 Å². The van der Waals surface area contributed by atoms with Crippen molar-refractivity contribution in [1.29, 1.82) is 0 Å². The van der Waals surface area contributed by atoms with Gasteiger partial charge in [-0.05, 0) is 59.3 Å². The molecule has 0 fully saturated rings. The summed E-state index contributed by atoms with van der Waals surface area (Å²) in [6, 6.07) is 21.1. The van der Waals surface area contributed by atoms with Gasteiger partial charge in [-0.3, -0.25) is 4.79 Å². The van der Waals surface area contributed by atoms with E-state index in [4.69, 9.17) is 0 Å². The average Bonchev–Trinajstić information content (AvgIpc) is 3.30. The number of amides is 1. The quantitative estimate of drug-likeness (QED) is 0.448. The van der Waals surface area contributed by atoms with Crippen molar-refractivity contribution in [3.63, 3.8) is 0 Å². The third-order valence-electron chi connectivity index (χ3n) is 6.32. The summed E-state index contributed by atoms with van der Waals surface area (Å²) < 4.78 is 1.89. The van der Waals surface area contributed by atoms with Gasteiger partial charge in [0.15, 0.2) is 0 Å². The maximum Gasteiger partial charge on any atom is 0.337 e. The van der Waals surface area contributed by atoms with Crippen LogP contribution in [-0.2, 0) is 17.8 Å². The van der Waals surface area contributed by atoms with E-state index in [1.54, 1.807) is 12.1 Å². The number of carbonyl (C=O) groups is 2. The molecule has 34 heavy (non-hydrogen) atoms. The Kier molecular flexibility index (Phi) is 5.65. The second-order valence-electron chi connectivity index (χ2n) is 8.40. The normalized spacial score (nSPS) is 12.7. The topological polar surface area (TPSA) is 62.5 Å². The maximum atomic E-state index is 12.2. The van der Waals surface area contributed by atoms with Crippen LogP contribution in [0.25, 0.3) is 16.6 Å². The largest absolute Gasteiger partial charge is 0.478 e. The van der Waals surface area contributed by atoms with Gasteiger partial charge in [0, 0.05) is 36.8 Å². The van der Waals surface area contributed by atoms with Crippen molar-refractivity contribution in [2.75, 3.05) is 6.54 Å². The summed E-state index contributed by atoms with van der Waals surface area (Å²) >= 11 is 0. The molecular weight excluding hydrogens is 424 g/mol. The molecule has 0 saturated heterocycles. The van der Waals surface area contributed by atoms with Crippen molar-refractivity contribution in [2.24, 2.45) is 0 Å². The molecule has 168 valence electrons. The van der Waals surface area contributed by atoms with E-state index in [0.717, 1.165) is 35.0 Å². The van der Waals surface area contributed by atoms with Crippen LogP contribution < -0.4 is 0 Å². The molecule has 5 heteroatoms. The average molecular weight is 449 g/mol. The number of rotatable bonds is 3. The molecule has 0 radical (unpaired) electrons. The lowest BCUT2D eigenvalue weighted by atomic mass is 9.97. The zero-order valence-electron chi connectivity index (χ0n) is 18.9. The van der Waals surface area contributed by atoms with Crippen molar-refractivity contribution >= 4 is 22.8 Å². The van der Waals surface area contributed by atoms with Gasteiger partial charge < -0.3 is 14.6 Å². The molecule has 0 atom stereocenters. The van der Waals surface area contributed by atoms with E-state index in [2.05, 4.69) is 17.9 Å². The van der Waals surface area contributed by atoms with Crippen molar-refractivity contribution in [3.8, 4) is 17.5 Å². The summed E-state index contributed by atoms with van der Waals surface area (Å²) in [5, 5.41) is 10.9. The van der Waals surface area contributed by atoms with Crippen molar-refractivity contribution in [2.45, 2.75) is 26.3 Å². The number of carbonyl (C=O) groups excluding carboxylic acids is 1. The Labute approximate surface area is 198 Å². The second-order valence-corrected chi connectivity index (χ2v) is 8.40. The highest BCUT2D eigenvalue weighted by Crippen LogP contribution is 2.26. The summed E-state index contributed by atoms with van der Waals surface area (Å²) in [5.41, 5.74) is 5.53. The number of fused-ring (bicyclic) bond motifs is 2. The molecule has 0 saturated carbocycles.